The molecule has 1 rings (SSSR count). The quantitative estimate of drug-likeness (QED) is 0.827. The van der Waals surface area contributed by atoms with Crippen molar-refractivity contribution in [3.05, 3.63) is 36.5 Å². The molecule has 8 heteroatoms. The van der Waals surface area contributed by atoms with E-state index in [0.29, 0.717) is 0 Å². The Morgan fingerprint density at radius 3 is 1.94 bits per heavy atom. The van der Waals surface area contributed by atoms with Gasteiger partial charge in [0.2, 0.25) is 0 Å². The summed E-state index contributed by atoms with van der Waals surface area (Å²) in [4.78, 5) is 3.36. The van der Waals surface area contributed by atoms with Crippen LogP contribution in [0.15, 0.2) is 24.5 Å². The van der Waals surface area contributed by atoms with Crippen molar-refractivity contribution in [3.63, 3.8) is 0 Å². The number of halogens is 6. The second kappa shape index (κ2) is 4.17. The fourth-order valence-corrected chi connectivity index (χ4v) is 1.03. The fourth-order valence-electron chi connectivity index (χ4n) is 1.03. The molecule has 0 spiro atoms. The van der Waals surface area contributed by atoms with Crippen molar-refractivity contribution >= 4 is 0 Å². The minimum absolute atomic E-state index is 0.319. The fraction of sp³-hybridized carbons (Fsp3) is 0.333. The van der Waals surface area contributed by atoms with E-state index in [1.54, 1.807) is 0 Å². The van der Waals surface area contributed by atoms with E-state index >= 15 is 0 Å². The van der Waals surface area contributed by atoms with Crippen molar-refractivity contribution in [2.24, 2.45) is 0 Å². The van der Waals surface area contributed by atoms with Gasteiger partial charge in [0.1, 0.15) is 0 Å². The van der Waals surface area contributed by atoms with Gasteiger partial charge in [0, 0.05) is 18.8 Å². The molecule has 0 atom stereocenters. The minimum atomic E-state index is -5.86. The van der Waals surface area contributed by atoms with Crippen LogP contribution in [-0.2, 0) is 0 Å². The third kappa shape index (κ3) is 2.68. The van der Waals surface area contributed by atoms with E-state index in [4.69, 9.17) is 5.11 Å². The topological polar surface area (TPSA) is 33.1 Å². The first-order chi connectivity index (χ1) is 7.58. The third-order valence-corrected chi connectivity index (χ3v) is 1.92. The number of hydrogen-bond donors (Lipinski definition) is 1. The monoisotopic (exact) mass is 258 g/mol. The zero-order chi connectivity index (χ0) is 13.3. The van der Waals surface area contributed by atoms with Gasteiger partial charge in [0.05, 0.1) is 0 Å². The Morgan fingerprint density at radius 2 is 1.59 bits per heavy atom. The maximum absolute atomic E-state index is 12.3. The van der Waals surface area contributed by atoms with E-state index in [1.165, 1.54) is 6.20 Å². The first-order valence-electron chi connectivity index (χ1n) is 4.20. The Morgan fingerprint density at radius 1 is 1.06 bits per heavy atom. The van der Waals surface area contributed by atoms with E-state index in [2.05, 4.69) is 4.98 Å². The molecule has 0 saturated heterocycles. The molecule has 17 heavy (non-hydrogen) atoms. The summed E-state index contributed by atoms with van der Waals surface area (Å²) in [5.41, 5.74) is -5.37. The van der Waals surface area contributed by atoms with Gasteiger partial charge in [-0.3, -0.25) is 4.98 Å². The van der Waals surface area contributed by atoms with E-state index in [9.17, 15) is 26.3 Å². The van der Waals surface area contributed by atoms with Crippen LogP contribution in [0.5, 0.6) is 0 Å². The van der Waals surface area contributed by atoms with Crippen LogP contribution in [0.2, 0.25) is 0 Å². The van der Waals surface area contributed by atoms with Crippen LogP contribution < -0.4 is 0 Å². The van der Waals surface area contributed by atoms with Gasteiger partial charge in [-0.15, -0.1) is 0 Å². The number of aromatic nitrogens is 1. The summed E-state index contributed by atoms with van der Waals surface area (Å²) in [6, 6.07) is 2.12. The smallest absolute Gasteiger partial charge is 0.373 e. The number of aliphatic hydroxyl groups is 1. The highest BCUT2D eigenvalue weighted by atomic mass is 19.4. The second-order valence-electron chi connectivity index (χ2n) is 3.19. The van der Waals surface area contributed by atoms with Gasteiger partial charge in [-0.1, -0.05) is 6.07 Å². The van der Waals surface area contributed by atoms with Gasteiger partial charge in [0.15, 0.2) is 0 Å². The van der Waals surface area contributed by atoms with Gasteiger partial charge in [-0.2, -0.15) is 26.3 Å². The van der Waals surface area contributed by atoms with Gasteiger partial charge in [-0.25, -0.2) is 0 Å². The molecule has 1 aromatic rings. The van der Waals surface area contributed by atoms with Crippen molar-refractivity contribution in [3.8, 4) is 0 Å². The molecule has 0 aliphatic heterocycles. The number of pyridine rings is 1. The lowest BCUT2D eigenvalue weighted by Crippen LogP contribution is -2.57. The molecule has 0 bridgehead atoms. The highest BCUT2D eigenvalue weighted by molar-refractivity contribution is 5.26. The van der Waals surface area contributed by atoms with Gasteiger partial charge in [-0.05, 0) is 11.6 Å². The van der Waals surface area contributed by atoms with Crippen LogP contribution in [0, 0.1) is 6.42 Å². The first-order valence-corrected chi connectivity index (χ1v) is 4.20. The maximum Gasteiger partial charge on any atom is 0.426 e. The number of alkyl halides is 6. The summed E-state index contributed by atoms with van der Waals surface area (Å²) in [6.07, 6.45) is -10.1. The second-order valence-corrected chi connectivity index (χ2v) is 3.19. The third-order valence-electron chi connectivity index (χ3n) is 1.92. The molecular weight excluding hydrogens is 252 g/mol. The lowest BCUT2D eigenvalue weighted by Gasteiger charge is -2.31. The predicted molar refractivity (Wildman–Crippen MR) is 44.7 cm³/mol. The molecule has 0 aliphatic rings. The van der Waals surface area contributed by atoms with E-state index in [0.717, 1.165) is 18.3 Å². The molecule has 95 valence electrons. The largest absolute Gasteiger partial charge is 0.426 e. The van der Waals surface area contributed by atoms with Gasteiger partial charge in [0.25, 0.3) is 5.60 Å². The van der Waals surface area contributed by atoms with E-state index in [1.807, 2.05) is 0 Å². The molecule has 1 heterocycles. The summed E-state index contributed by atoms with van der Waals surface area (Å²) < 4.78 is 73.6. The molecule has 1 radical (unpaired) electrons. The zero-order valence-electron chi connectivity index (χ0n) is 8.05. The molecule has 0 aromatic carbocycles. The van der Waals surface area contributed by atoms with Crippen LogP contribution in [0.25, 0.3) is 0 Å². The van der Waals surface area contributed by atoms with Crippen molar-refractivity contribution in [1.82, 2.24) is 4.98 Å². The van der Waals surface area contributed by atoms with Crippen LogP contribution in [-0.4, -0.2) is 28.0 Å². The van der Waals surface area contributed by atoms with Gasteiger partial charge < -0.3 is 5.11 Å². The number of hydrogen-bond acceptors (Lipinski definition) is 2. The van der Waals surface area contributed by atoms with Crippen LogP contribution >= 0.6 is 0 Å². The van der Waals surface area contributed by atoms with Crippen molar-refractivity contribution in [1.29, 1.82) is 0 Å². The molecule has 0 amide bonds. The number of rotatable bonds is 2. The standard InChI is InChI=1S/C9H6F6NO/c10-8(11,12)7(17,9(13,14)15)4-6-2-1-3-16-5-6/h1-5,17H. The SMILES string of the molecule is OC([CH]c1cccnc1)(C(F)(F)F)C(F)(F)F. The van der Waals surface area contributed by atoms with Crippen LogP contribution in [0.1, 0.15) is 5.56 Å². The lowest BCUT2D eigenvalue weighted by atomic mass is 9.94. The molecule has 0 saturated carbocycles. The predicted octanol–water partition coefficient (Wildman–Crippen LogP) is 2.49. The highest BCUT2D eigenvalue weighted by Gasteiger charge is 2.70. The Kier molecular flexibility index (Phi) is 3.37. The summed E-state index contributed by atoms with van der Waals surface area (Å²) in [7, 11) is 0. The summed E-state index contributed by atoms with van der Waals surface area (Å²) in [6.45, 7) is 0. The maximum atomic E-state index is 12.3. The zero-order valence-corrected chi connectivity index (χ0v) is 8.05. The Bertz CT molecular complexity index is 357. The number of nitrogens with zero attached hydrogens (tertiary/aromatic N) is 1. The minimum Gasteiger partial charge on any atom is -0.373 e. The molecule has 1 aromatic heterocycles. The summed E-state index contributed by atoms with van der Waals surface area (Å²) in [5.74, 6) is 0. The first kappa shape index (κ1) is 13.8. The molecule has 0 fully saturated rings. The molecule has 2 nitrogen and oxygen atoms in total. The Balaban J connectivity index is 3.11. The summed E-state index contributed by atoms with van der Waals surface area (Å²) >= 11 is 0. The average Bonchev–Trinajstić information content (AvgIpc) is 2.15. The highest BCUT2D eigenvalue weighted by Crippen LogP contribution is 2.45. The molecule has 0 unspecified atom stereocenters. The summed E-state index contributed by atoms with van der Waals surface area (Å²) in [5, 5.41) is 8.80. The van der Waals surface area contributed by atoms with E-state index < -0.39 is 23.5 Å². The normalized spacial score (nSPS) is 13.8. The molecule has 0 aliphatic carbocycles. The van der Waals surface area contributed by atoms with Crippen LogP contribution in [0.3, 0.4) is 0 Å². The van der Waals surface area contributed by atoms with Crippen molar-refractivity contribution < 1.29 is 31.4 Å². The van der Waals surface area contributed by atoms with Crippen molar-refractivity contribution in [2.45, 2.75) is 18.0 Å². The van der Waals surface area contributed by atoms with Crippen molar-refractivity contribution in [2.75, 3.05) is 0 Å². The lowest BCUT2D eigenvalue weighted by molar-refractivity contribution is -0.353. The average molecular weight is 258 g/mol. The molecule has 1 N–H and O–H groups in total. The van der Waals surface area contributed by atoms with Gasteiger partial charge >= 0.3 is 12.4 Å². The Labute approximate surface area is 91.9 Å². The van der Waals surface area contributed by atoms with E-state index in [-0.39, 0.29) is 6.42 Å². The van der Waals surface area contributed by atoms with Crippen LogP contribution in [0.4, 0.5) is 26.3 Å². The Hall–Kier alpha value is -1.31. The molecular formula is C9H6F6NO.